The third-order valence-corrected chi connectivity index (χ3v) is 25.9. The van der Waals surface area contributed by atoms with Crippen LogP contribution in [0.5, 0.6) is 0 Å². The number of esters is 4. The molecule has 806 valence electrons. The maximum absolute atomic E-state index is 14.3. The minimum atomic E-state index is -0.945. The zero-order valence-electron chi connectivity index (χ0n) is 86.2. The number of hydrogen-bond acceptors (Lipinski definition) is 37. The summed E-state index contributed by atoms with van der Waals surface area (Å²) in [6.07, 6.45) is 3.93. The lowest BCUT2D eigenvalue weighted by Crippen LogP contribution is -2.59. The van der Waals surface area contributed by atoms with Crippen molar-refractivity contribution in [1.29, 1.82) is 0 Å². The number of nitrogens with zero attached hydrogens (tertiary/aromatic N) is 4. The predicted molar refractivity (Wildman–Crippen MR) is 518 cm³/mol. The lowest BCUT2D eigenvalue weighted by Gasteiger charge is -2.40. The van der Waals surface area contributed by atoms with Gasteiger partial charge in [-0.3, -0.25) is 72.5 Å². The van der Waals surface area contributed by atoms with Crippen LogP contribution in [0.25, 0.3) is 0 Å². The fraction of sp³-hybridized carbons (Fsp3) is 0.819. The third-order valence-electron chi connectivity index (χ3n) is 22.6. The summed E-state index contributed by atoms with van der Waals surface area (Å²) < 4.78 is 73.5. The molecule has 0 saturated heterocycles. The van der Waals surface area contributed by atoms with Crippen molar-refractivity contribution in [3.8, 4) is 0 Å². The van der Waals surface area contributed by atoms with Crippen LogP contribution < -0.4 is 26.6 Å². The minimum absolute atomic E-state index is 0.00993. The van der Waals surface area contributed by atoms with E-state index in [9.17, 15) is 77.9 Å². The Bertz CT molecular complexity index is 3550. The lowest BCUT2D eigenvalue weighted by atomic mass is 9.79. The number of likely N-dealkylation sites (N-methyl/N-ethyl adjacent to an activating group) is 2. The first-order valence-electron chi connectivity index (χ1n) is 47.9. The highest BCUT2D eigenvalue weighted by Gasteiger charge is 2.45. The Morgan fingerprint density at radius 1 is 0.532 bits per heavy atom. The number of carbonyl (C=O) groups excluding carboxylic acids is 11. The molecule has 0 aliphatic heterocycles. The number of carboxylic acid groups (broad SMARTS) is 1. The number of aromatic nitrogens is 1. The number of hydrogen-bond donors (Lipinski definition) is 11. The van der Waals surface area contributed by atoms with Gasteiger partial charge < -0.3 is 128 Å². The number of rotatable bonds is 74. The molecule has 45 heteroatoms. The van der Waals surface area contributed by atoms with Gasteiger partial charge in [0.05, 0.1) is 99.2 Å². The molecule has 139 heavy (non-hydrogen) atoms. The predicted octanol–water partition coefficient (Wildman–Crippen LogP) is 6.94. The molecule has 9 unspecified atom stereocenters. The molecule has 1 saturated carbocycles. The van der Waals surface area contributed by atoms with Gasteiger partial charge in [-0.25, -0.2) is 4.98 Å². The van der Waals surface area contributed by atoms with Gasteiger partial charge in [-0.05, 0) is 146 Å². The van der Waals surface area contributed by atoms with Crippen LogP contribution in [0.2, 0.25) is 0 Å². The van der Waals surface area contributed by atoms with Crippen LogP contribution >= 0.6 is 21.6 Å². The molecule has 0 bridgehead atoms. The SMILES string of the molecule is CCC(CO)OC(CO)OC.CCC(CO)OC(COC(=O)CCCC(=O)NCCCNC(=O)CCC(C)(C)SSc1ccc([N+](=O)[O-])cn1)OC.CCC(CO)OC(COC(=O)CCCC(=O)NCCCOC(=O)CNC(=O)[C@H](C)[C@@H](OC)[C@@H]1CCCC1C(=O)C[C@@H](OC)[C@H]([C@@H](C)CC)N(C)C(=O)[C@@H](NC(=O)[C@H](C(C)C)N(C)C)C(C)C)OC.CCC(CO)OC(COC(=O)CCCC(=O)O)OC. The molecule has 1 aliphatic carbocycles. The number of ether oxygens (including phenoxy) is 14. The number of nitro groups is 1. The molecular weight excluding hydrogens is 1860 g/mol. The summed E-state index contributed by atoms with van der Waals surface area (Å²) in [5.74, 6) is -6.16. The van der Waals surface area contributed by atoms with E-state index >= 15 is 0 Å². The van der Waals surface area contributed by atoms with E-state index < -0.39 is 120 Å². The standard InChI is InChI=1S/C49H89N5O14.C26H42N4O9S2.C12H22O7.C7H16O4/c1-15-32(7)45(54(11)49(62)43(30(3)4)52-48(61)44(31(5)6)53(9)10)38(63-12)26-37(56)35-20-17-21-36(35)46(65-14)33(8)47(60)51-27-41(59)66-25-19-24-50-39(57)22-18-23-40(58)67-29-42(64-13)68-34(16-2)28-55;1-5-20(17-31)39-25(37-4)18-38-24(34)9-6-8-21(32)27-14-7-15-28-22(33)12-13-26(2,3)41-40-23-11-10-19(16-29-23)30(35)36;1-3-9(7-13)19-12(17-2)8-18-11(16)6-4-5-10(14)15;1-3-6(4-8)11-7(5-9)10-2/h30-36,38,42-46,55H,15-29H2,1-14H3,(H,50,57)(H,51,60)(H,52,61);10-11,16,20,25,31H,5-9,12-15,17-18H2,1-4H3,(H,27,32)(H,28,33);9,12-13H,3-8H2,1-2H3,(H,14,15);6-9H,3-5H2,1-2H3/t32-,33+,34?,35?,36+,38+,42?,43-,44-,45-,46+;;;/m0.../s1. The Hall–Kier alpha value is -7.55. The number of carboxylic acids is 1. The van der Waals surface area contributed by atoms with Crippen molar-refractivity contribution in [2.45, 2.75) is 321 Å². The van der Waals surface area contributed by atoms with Crippen LogP contribution in [0.15, 0.2) is 23.4 Å². The largest absolute Gasteiger partial charge is 0.481 e. The molecule has 6 amide bonds. The highest BCUT2D eigenvalue weighted by molar-refractivity contribution is 8.77. The first-order chi connectivity index (χ1) is 65.9. The zero-order chi connectivity index (χ0) is 106. The smallest absolute Gasteiger partial charge is 0.325 e. The molecular formula is C94H169N9O34S2. The van der Waals surface area contributed by atoms with Crippen LogP contribution in [0.3, 0.4) is 0 Å². The topological polar surface area (TPSA) is 578 Å². The molecule has 1 aromatic rings. The summed E-state index contributed by atoms with van der Waals surface area (Å²) in [6.45, 7) is 24.6. The highest BCUT2D eigenvalue weighted by atomic mass is 33.1. The van der Waals surface area contributed by atoms with Crippen molar-refractivity contribution in [3.63, 3.8) is 0 Å². The second-order valence-electron chi connectivity index (χ2n) is 34.8. The Labute approximate surface area is 829 Å². The average molecular weight is 2030 g/mol. The van der Waals surface area contributed by atoms with E-state index in [2.05, 4.69) is 31.6 Å². The summed E-state index contributed by atoms with van der Waals surface area (Å²) in [5.41, 5.74) is -0.0584. The molecule has 1 heterocycles. The van der Waals surface area contributed by atoms with Crippen LogP contribution in [-0.4, -0.2) is 356 Å². The molecule has 0 aromatic carbocycles. The normalized spacial score (nSPS) is 16.2. The molecule has 11 N–H and O–H groups in total. The lowest BCUT2D eigenvalue weighted by molar-refractivity contribution is -0.385. The molecule has 0 spiro atoms. The number of pyridine rings is 1. The Morgan fingerprint density at radius 3 is 1.37 bits per heavy atom. The fourth-order valence-electron chi connectivity index (χ4n) is 14.1. The quantitative estimate of drug-likeness (QED) is 0.00598. The summed E-state index contributed by atoms with van der Waals surface area (Å²) in [4.78, 5) is 168. The second-order valence-corrected chi connectivity index (χ2v) is 37.7. The van der Waals surface area contributed by atoms with Gasteiger partial charge in [0, 0.05) is 137 Å². The van der Waals surface area contributed by atoms with Crippen molar-refractivity contribution < 1.29 is 159 Å². The second kappa shape index (κ2) is 78.9. The van der Waals surface area contributed by atoms with E-state index in [1.54, 1.807) is 42.8 Å². The van der Waals surface area contributed by atoms with Crippen LogP contribution in [0, 0.1) is 45.6 Å². The van der Waals surface area contributed by atoms with Gasteiger partial charge in [0.15, 0.2) is 25.2 Å². The number of aliphatic hydroxyl groups excluding tert-OH is 5. The maximum Gasteiger partial charge on any atom is 0.325 e. The molecule has 17 atom stereocenters. The zero-order valence-corrected chi connectivity index (χ0v) is 87.8. The maximum atomic E-state index is 14.3. The number of Topliss-reactive ketones (excluding diaryl/α,β-unsaturated/α-hetero) is 1. The van der Waals surface area contributed by atoms with Gasteiger partial charge in [-0.2, -0.15) is 0 Å². The van der Waals surface area contributed by atoms with E-state index in [1.807, 2.05) is 102 Å². The number of aliphatic carboxylic acids is 1. The minimum Gasteiger partial charge on any atom is -0.481 e. The molecule has 1 aromatic heterocycles. The molecule has 43 nitrogen and oxygen atoms in total. The van der Waals surface area contributed by atoms with Gasteiger partial charge in [0.25, 0.3) is 5.69 Å². The summed E-state index contributed by atoms with van der Waals surface area (Å²) in [6, 6.07) is 1.33. The van der Waals surface area contributed by atoms with E-state index in [0.29, 0.717) is 95.2 Å². The number of methoxy groups -OCH3 is 6. The number of aliphatic hydroxyl groups is 5. The molecule has 2 rings (SSSR count). The average Bonchev–Trinajstić information content (AvgIpc) is 1.67. The molecule has 0 radical (unpaired) electrons. The van der Waals surface area contributed by atoms with Gasteiger partial charge >= 0.3 is 29.8 Å². The van der Waals surface area contributed by atoms with Gasteiger partial charge in [0.1, 0.15) is 49.4 Å². The van der Waals surface area contributed by atoms with Crippen LogP contribution in [-0.2, 0) is 124 Å². The Morgan fingerprint density at radius 2 is 0.986 bits per heavy atom. The monoisotopic (exact) mass is 2030 g/mol. The van der Waals surface area contributed by atoms with Crippen molar-refractivity contribution in [2.24, 2.45) is 35.5 Å². The van der Waals surface area contributed by atoms with Crippen LogP contribution in [0.1, 0.15) is 231 Å². The van der Waals surface area contributed by atoms with Gasteiger partial charge in [-0.1, -0.05) is 99.8 Å². The first-order valence-corrected chi connectivity index (χ1v) is 50.1. The van der Waals surface area contributed by atoms with E-state index in [-0.39, 0.29) is 212 Å². The Kier molecular flexibility index (Phi) is 75.8. The summed E-state index contributed by atoms with van der Waals surface area (Å²) in [5, 5.41) is 78.6. The summed E-state index contributed by atoms with van der Waals surface area (Å²) >= 11 is 0. The number of nitrogens with one attached hydrogen (secondary N) is 5. The highest BCUT2D eigenvalue weighted by Crippen LogP contribution is 2.43. The van der Waals surface area contributed by atoms with Crippen molar-refractivity contribution in [2.75, 3.05) is 149 Å². The van der Waals surface area contributed by atoms with Crippen molar-refractivity contribution >= 4 is 98.3 Å². The van der Waals surface area contributed by atoms with E-state index in [1.165, 1.54) is 58.6 Å². The number of carbonyl (C=O) groups is 12. The van der Waals surface area contributed by atoms with Gasteiger partial charge in [-0.15, -0.1) is 0 Å². The number of ketones is 1. The van der Waals surface area contributed by atoms with Crippen LogP contribution in [0.4, 0.5) is 5.69 Å². The Balaban J connectivity index is 0. The summed E-state index contributed by atoms with van der Waals surface area (Å²) in [7, 11) is 17.1. The van der Waals surface area contributed by atoms with E-state index in [0.717, 1.165) is 6.42 Å². The first kappa shape index (κ1) is 133. The molecule has 1 aliphatic rings. The number of amides is 6. The van der Waals surface area contributed by atoms with Crippen molar-refractivity contribution in [1.82, 2.24) is 41.4 Å². The molecule has 1 fully saturated rings. The third kappa shape index (κ3) is 59.3. The van der Waals surface area contributed by atoms with Crippen molar-refractivity contribution in [3.05, 3.63) is 28.4 Å². The van der Waals surface area contributed by atoms with E-state index in [4.69, 9.17) is 86.7 Å². The fourth-order valence-corrected chi connectivity index (χ4v) is 16.3. The van der Waals surface area contributed by atoms with Gasteiger partial charge in [0.2, 0.25) is 35.4 Å².